The van der Waals surface area contributed by atoms with Crippen molar-refractivity contribution < 1.29 is 0 Å². The number of rotatable bonds is 3. The minimum atomic E-state index is 0.391. The highest BCUT2D eigenvalue weighted by molar-refractivity contribution is 7.09. The van der Waals surface area contributed by atoms with Crippen LogP contribution in [0.25, 0.3) is 0 Å². The Morgan fingerprint density at radius 2 is 1.94 bits per heavy atom. The molecule has 1 aliphatic rings. The molecule has 0 aromatic carbocycles. The molecule has 1 N–H and O–H groups in total. The smallest absolute Gasteiger partial charge is 0.0898 e. The number of thiazole rings is 1. The molecule has 2 nitrogen and oxygen atoms in total. The first kappa shape index (κ1) is 13.0. The molecule has 1 saturated carbocycles. The van der Waals surface area contributed by atoms with E-state index in [2.05, 4.69) is 43.4 Å². The number of aryl methyl sites for hydroxylation is 1. The second-order valence-electron chi connectivity index (χ2n) is 5.79. The van der Waals surface area contributed by atoms with Gasteiger partial charge in [-0.2, -0.15) is 0 Å². The predicted octanol–water partition coefficient (Wildman–Crippen LogP) is 3.93. The first-order valence-electron chi connectivity index (χ1n) is 6.72. The Balaban J connectivity index is 1.92. The van der Waals surface area contributed by atoms with Gasteiger partial charge in [0.1, 0.15) is 0 Å². The fourth-order valence-corrected chi connectivity index (χ4v) is 3.81. The summed E-state index contributed by atoms with van der Waals surface area (Å²) in [6.45, 7) is 9.06. The second-order valence-corrected chi connectivity index (χ2v) is 6.86. The first-order valence-corrected chi connectivity index (χ1v) is 7.60. The lowest BCUT2D eigenvalue weighted by molar-refractivity contribution is 0.228. The van der Waals surface area contributed by atoms with Gasteiger partial charge in [0.2, 0.25) is 0 Å². The van der Waals surface area contributed by atoms with Gasteiger partial charge in [0.15, 0.2) is 0 Å². The molecule has 1 heterocycles. The number of hydrogen-bond acceptors (Lipinski definition) is 3. The Labute approximate surface area is 109 Å². The van der Waals surface area contributed by atoms with Crippen molar-refractivity contribution in [1.82, 2.24) is 10.3 Å². The summed E-state index contributed by atoms with van der Waals surface area (Å²) in [4.78, 5) is 4.57. The fraction of sp³-hybridized carbons (Fsp3) is 0.786. The van der Waals surface area contributed by atoms with Gasteiger partial charge in [0.05, 0.1) is 10.7 Å². The second kappa shape index (κ2) is 5.49. The van der Waals surface area contributed by atoms with Crippen LogP contribution < -0.4 is 5.32 Å². The van der Waals surface area contributed by atoms with E-state index in [1.54, 1.807) is 11.3 Å². The molecule has 1 aromatic heterocycles. The zero-order chi connectivity index (χ0) is 12.4. The van der Waals surface area contributed by atoms with E-state index >= 15 is 0 Å². The average Bonchev–Trinajstić information content (AvgIpc) is 2.63. The predicted molar refractivity (Wildman–Crippen MR) is 74.4 cm³/mol. The summed E-state index contributed by atoms with van der Waals surface area (Å²) in [6, 6.07) is 1.06. The summed E-state index contributed by atoms with van der Waals surface area (Å²) < 4.78 is 0. The molecule has 0 radical (unpaired) electrons. The standard InChI is InChI=1S/C14H24N2S/c1-9-5-10(2)7-13(6-9)15-11(3)14-8-17-12(4)16-14/h8-11,13,15H,5-7H2,1-4H3. The van der Waals surface area contributed by atoms with Crippen LogP contribution >= 0.6 is 11.3 Å². The van der Waals surface area contributed by atoms with Crippen LogP contribution in [0.3, 0.4) is 0 Å². The SMILES string of the molecule is Cc1nc(C(C)NC2CC(C)CC(C)C2)cs1. The van der Waals surface area contributed by atoms with Crippen LogP contribution in [-0.4, -0.2) is 11.0 Å². The summed E-state index contributed by atoms with van der Waals surface area (Å²) in [5.74, 6) is 1.72. The highest BCUT2D eigenvalue weighted by Gasteiger charge is 2.25. The topological polar surface area (TPSA) is 24.9 Å². The normalized spacial score (nSPS) is 31.4. The molecule has 1 aliphatic carbocycles. The lowest BCUT2D eigenvalue weighted by atomic mass is 9.80. The van der Waals surface area contributed by atoms with Crippen LogP contribution in [0, 0.1) is 18.8 Å². The highest BCUT2D eigenvalue weighted by Crippen LogP contribution is 2.30. The summed E-state index contributed by atoms with van der Waals surface area (Å²) in [6.07, 6.45) is 4.03. The fourth-order valence-electron chi connectivity index (χ4n) is 3.10. The van der Waals surface area contributed by atoms with E-state index in [9.17, 15) is 0 Å². The molecule has 3 heteroatoms. The maximum absolute atomic E-state index is 4.57. The van der Waals surface area contributed by atoms with Gasteiger partial charge in [-0.3, -0.25) is 0 Å². The largest absolute Gasteiger partial charge is 0.306 e. The molecule has 3 atom stereocenters. The lowest BCUT2D eigenvalue weighted by Gasteiger charge is -2.33. The zero-order valence-corrected chi connectivity index (χ0v) is 12.2. The van der Waals surface area contributed by atoms with Crippen molar-refractivity contribution in [2.24, 2.45) is 11.8 Å². The third-order valence-corrected chi connectivity index (χ3v) is 4.54. The van der Waals surface area contributed by atoms with E-state index < -0.39 is 0 Å². The van der Waals surface area contributed by atoms with Crippen LogP contribution in [0.5, 0.6) is 0 Å². The third-order valence-electron chi connectivity index (χ3n) is 3.74. The average molecular weight is 252 g/mol. The number of nitrogens with one attached hydrogen (secondary N) is 1. The summed E-state index contributed by atoms with van der Waals surface area (Å²) in [5.41, 5.74) is 1.21. The van der Waals surface area contributed by atoms with Crippen LogP contribution in [0.1, 0.15) is 56.8 Å². The monoisotopic (exact) mass is 252 g/mol. The lowest BCUT2D eigenvalue weighted by Crippen LogP contribution is -2.37. The molecule has 1 aromatic rings. The van der Waals surface area contributed by atoms with Gasteiger partial charge in [0.25, 0.3) is 0 Å². The molecule has 0 aliphatic heterocycles. The maximum atomic E-state index is 4.57. The van der Waals surface area contributed by atoms with Gasteiger partial charge in [-0.1, -0.05) is 13.8 Å². The molecule has 0 saturated heterocycles. The van der Waals surface area contributed by atoms with Crippen molar-refractivity contribution in [3.63, 3.8) is 0 Å². The van der Waals surface area contributed by atoms with Crippen LogP contribution in [0.15, 0.2) is 5.38 Å². The van der Waals surface area contributed by atoms with Crippen molar-refractivity contribution in [3.05, 3.63) is 16.1 Å². The van der Waals surface area contributed by atoms with Crippen molar-refractivity contribution in [3.8, 4) is 0 Å². The van der Waals surface area contributed by atoms with E-state index in [1.165, 1.54) is 30.0 Å². The minimum Gasteiger partial charge on any atom is -0.306 e. The highest BCUT2D eigenvalue weighted by atomic mass is 32.1. The Morgan fingerprint density at radius 1 is 1.29 bits per heavy atom. The van der Waals surface area contributed by atoms with Crippen LogP contribution in [0.4, 0.5) is 0 Å². The van der Waals surface area contributed by atoms with Gasteiger partial charge in [-0.25, -0.2) is 4.98 Å². The molecule has 0 amide bonds. The maximum Gasteiger partial charge on any atom is 0.0898 e. The summed E-state index contributed by atoms with van der Waals surface area (Å²) >= 11 is 1.74. The van der Waals surface area contributed by atoms with Gasteiger partial charge < -0.3 is 5.32 Å². The Bertz CT molecular complexity index is 351. The van der Waals surface area contributed by atoms with Gasteiger partial charge in [-0.05, 0) is 44.9 Å². The molecule has 3 unspecified atom stereocenters. The Hall–Kier alpha value is -0.410. The molecular formula is C14H24N2S. The van der Waals surface area contributed by atoms with Crippen LogP contribution in [-0.2, 0) is 0 Å². The number of aromatic nitrogens is 1. The quantitative estimate of drug-likeness (QED) is 0.881. The van der Waals surface area contributed by atoms with E-state index in [-0.39, 0.29) is 0 Å². The third kappa shape index (κ3) is 3.52. The van der Waals surface area contributed by atoms with E-state index in [0.29, 0.717) is 12.1 Å². The first-order chi connectivity index (χ1) is 8.04. The Morgan fingerprint density at radius 3 is 2.47 bits per heavy atom. The summed E-state index contributed by atoms with van der Waals surface area (Å²) in [5, 5.41) is 7.10. The van der Waals surface area contributed by atoms with E-state index in [1.807, 2.05) is 0 Å². The van der Waals surface area contributed by atoms with Gasteiger partial charge in [0, 0.05) is 17.5 Å². The molecular weight excluding hydrogens is 228 g/mol. The molecule has 2 rings (SSSR count). The molecule has 0 bridgehead atoms. The van der Waals surface area contributed by atoms with Crippen molar-refractivity contribution >= 4 is 11.3 Å². The summed E-state index contributed by atoms with van der Waals surface area (Å²) in [7, 11) is 0. The molecule has 1 fully saturated rings. The van der Waals surface area contributed by atoms with Gasteiger partial charge >= 0.3 is 0 Å². The Kier molecular flexibility index (Phi) is 4.21. The molecule has 17 heavy (non-hydrogen) atoms. The van der Waals surface area contributed by atoms with Crippen molar-refractivity contribution in [2.45, 2.75) is 59.0 Å². The molecule has 0 spiro atoms. The van der Waals surface area contributed by atoms with Crippen LogP contribution in [0.2, 0.25) is 0 Å². The minimum absolute atomic E-state index is 0.391. The van der Waals surface area contributed by atoms with Crippen molar-refractivity contribution in [2.75, 3.05) is 0 Å². The number of nitrogens with zero attached hydrogens (tertiary/aromatic N) is 1. The number of hydrogen-bond donors (Lipinski definition) is 1. The molecule has 96 valence electrons. The van der Waals surface area contributed by atoms with Gasteiger partial charge in [-0.15, -0.1) is 11.3 Å². The van der Waals surface area contributed by atoms with E-state index in [0.717, 1.165) is 11.8 Å². The van der Waals surface area contributed by atoms with Crippen molar-refractivity contribution in [1.29, 1.82) is 0 Å². The zero-order valence-electron chi connectivity index (χ0n) is 11.4. The van der Waals surface area contributed by atoms with E-state index in [4.69, 9.17) is 0 Å².